The second kappa shape index (κ2) is 6.64. The molecule has 0 spiro atoms. The Kier molecular flexibility index (Phi) is 4.18. The van der Waals surface area contributed by atoms with E-state index in [4.69, 9.17) is 4.98 Å². The molecule has 4 aromatic rings. The van der Waals surface area contributed by atoms with Crippen LogP contribution in [0.25, 0.3) is 33.8 Å². The Morgan fingerprint density at radius 2 is 1.42 bits per heavy atom. The van der Waals surface area contributed by atoms with Crippen LogP contribution in [0.5, 0.6) is 0 Å². The number of aryl methyl sites for hydroxylation is 3. The maximum Gasteiger partial charge on any atom is 0.138 e. The van der Waals surface area contributed by atoms with Gasteiger partial charge in [0, 0.05) is 11.1 Å². The van der Waals surface area contributed by atoms with E-state index < -0.39 is 0 Å². The van der Waals surface area contributed by atoms with Crippen LogP contribution in [0.3, 0.4) is 0 Å². The molecule has 0 amide bonds. The molecular weight excluding hydrogens is 316 g/mol. The van der Waals surface area contributed by atoms with Crippen LogP contribution in [0.2, 0.25) is 0 Å². The Bertz CT molecular complexity index is 1050. The summed E-state index contributed by atoms with van der Waals surface area (Å²) in [4.78, 5) is 8.24. The van der Waals surface area contributed by atoms with E-state index >= 15 is 0 Å². The Morgan fingerprint density at radius 1 is 0.731 bits per heavy atom. The lowest BCUT2D eigenvalue weighted by atomic mass is 9.98. The Labute approximate surface area is 154 Å². The third kappa shape index (κ3) is 2.95. The zero-order chi connectivity index (χ0) is 18.1. The molecule has 0 aliphatic carbocycles. The van der Waals surface area contributed by atoms with Gasteiger partial charge in [-0.25, -0.2) is 4.98 Å². The SMILES string of the molecule is Cc1cccc(-c2ccccc2-c2ncc(-c3c(C)cccc3C)[nH]2)c1. The highest BCUT2D eigenvalue weighted by molar-refractivity contribution is 5.82. The number of nitrogens with zero attached hydrogens (tertiary/aromatic N) is 1. The van der Waals surface area contributed by atoms with Gasteiger partial charge < -0.3 is 4.98 Å². The summed E-state index contributed by atoms with van der Waals surface area (Å²) in [6, 6.07) is 23.4. The van der Waals surface area contributed by atoms with Crippen molar-refractivity contribution in [1.29, 1.82) is 0 Å². The fraction of sp³-hybridized carbons (Fsp3) is 0.125. The van der Waals surface area contributed by atoms with Crippen molar-refractivity contribution in [2.45, 2.75) is 20.8 Å². The van der Waals surface area contributed by atoms with Gasteiger partial charge in [-0.1, -0.05) is 72.3 Å². The fourth-order valence-electron chi connectivity index (χ4n) is 3.58. The van der Waals surface area contributed by atoms with E-state index in [1.165, 1.54) is 33.4 Å². The molecular formula is C24H22N2. The minimum Gasteiger partial charge on any atom is -0.338 e. The number of rotatable bonds is 3. The molecule has 0 saturated heterocycles. The van der Waals surface area contributed by atoms with E-state index in [1.807, 2.05) is 6.20 Å². The van der Waals surface area contributed by atoms with Crippen LogP contribution >= 0.6 is 0 Å². The van der Waals surface area contributed by atoms with E-state index in [0.29, 0.717) is 0 Å². The van der Waals surface area contributed by atoms with E-state index in [2.05, 4.69) is 92.5 Å². The van der Waals surface area contributed by atoms with Crippen molar-refractivity contribution in [3.8, 4) is 33.8 Å². The van der Waals surface area contributed by atoms with Crippen molar-refractivity contribution in [3.63, 3.8) is 0 Å². The van der Waals surface area contributed by atoms with Crippen molar-refractivity contribution in [2.24, 2.45) is 0 Å². The molecule has 0 aliphatic heterocycles. The van der Waals surface area contributed by atoms with Crippen molar-refractivity contribution in [3.05, 3.63) is 89.6 Å². The molecule has 1 heterocycles. The topological polar surface area (TPSA) is 28.7 Å². The number of aromatic amines is 1. The largest absolute Gasteiger partial charge is 0.338 e. The first-order valence-electron chi connectivity index (χ1n) is 8.91. The van der Waals surface area contributed by atoms with Crippen LogP contribution < -0.4 is 0 Å². The Balaban J connectivity index is 1.83. The quantitative estimate of drug-likeness (QED) is 0.464. The molecule has 0 radical (unpaired) electrons. The third-order valence-corrected chi connectivity index (χ3v) is 4.84. The van der Waals surface area contributed by atoms with Crippen molar-refractivity contribution in [1.82, 2.24) is 9.97 Å². The first kappa shape index (κ1) is 16.3. The molecule has 128 valence electrons. The summed E-state index contributed by atoms with van der Waals surface area (Å²) >= 11 is 0. The summed E-state index contributed by atoms with van der Waals surface area (Å²) in [5.74, 6) is 0.903. The fourth-order valence-corrected chi connectivity index (χ4v) is 3.58. The minimum absolute atomic E-state index is 0.903. The van der Waals surface area contributed by atoms with Gasteiger partial charge in [0.15, 0.2) is 0 Å². The molecule has 2 nitrogen and oxygen atoms in total. The van der Waals surface area contributed by atoms with Gasteiger partial charge in [-0.2, -0.15) is 0 Å². The number of nitrogens with one attached hydrogen (secondary N) is 1. The average molecular weight is 338 g/mol. The number of hydrogen-bond donors (Lipinski definition) is 1. The Hall–Kier alpha value is -3.13. The standard InChI is InChI=1S/C24H22N2/c1-16-8-6-11-19(14-16)20-12-4-5-13-21(20)24-25-15-22(26-24)23-17(2)9-7-10-18(23)3/h4-15H,1-3H3,(H,25,26). The molecule has 1 aromatic heterocycles. The highest BCUT2D eigenvalue weighted by Gasteiger charge is 2.13. The maximum absolute atomic E-state index is 4.70. The van der Waals surface area contributed by atoms with Crippen LogP contribution in [0.1, 0.15) is 16.7 Å². The van der Waals surface area contributed by atoms with Crippen LogP contribution in [-0.4, -0.2) is 9.97 Å². The van der Waals surface area contributed by atoms with Gasteiger partial charge >= 0.3 is 0 Å². The minimum atomic E-state index is 0.903. The van der Waals surface area contributed by atoms with Gasteiger partial charge in [0.05, 0.1) is 11.9 Å². The highest BCUT2D eigenvalue weighted by atomic mass is 14.9. The molecule has 0 aliphatic rings. The molecule has 2 heteroatoms. The summed E-state index contributed by atoms with van der Waals surface area (Å²) in [7, 11) is 0. The number of hydrogen-bond acceptors (Lipinski definition) is 1. The molecule has 0 bridgehead atoms. The van der Waals surface area contributed by atoms with Gasteiger partial charge in [-0.05, 0) is 43.0 Å². The monoisotopic (exact) mass is 338 g/mol. The maximum atomic E-state index is 4.70. The van der Waals surface area contributed by atoms with Crippen molar-refractivity contribution >= 4 is 0 Å². The lowest BCUT2D eigenvalue weighted by Gasteiger charge is -2.09. The van der Waals surface area contributed by atoms with Crippen LogP contribution in [0.15, 0.2) is 72.9 Å². The normalized spacial score (nSPS) is 10.9. The third-order valence-electron chi connectivity index (χ3n) is 4.84. The molecule has 0 atom stereocenters. The lowest BCUT2D eigenvalue weighted by Crippen LogP contribution is -1.89. The zero-order valence-corrected chi connectivity index (χ0v) is 15.4. The van der Waals surface area contributed by atoms with E-state index in [9.17, 15) is 0 Å². The van der Waals surface area contributed by atoms with Gasteiger partial charge in [0.2, 0.25) is 0 Å². The highest BCUT2D eigenvalue weighted by Crippen LogP contribution is 2.33. The number of aromatic nitrogens is 2. The molecule has 0 unspecified atom stereocenters. The predicted molar refractivity (Wildman–Crippen MR) is 109 cm³/mol. The van der Waals surface area contributed by atoms with Gasteiger partial charge in [0.25, 0.3) is 0 Å². The Morgan fingerprint density at radius 3 is 2.15 bits per heavy atom. The zero-order valence-electron chi connectivity index (χ0n) is 15.4. The summed E-state index contributed by atoms with van der Waals surface area (Å²) in [6.07, 6.45) is 1.94. The summed E-state index contributed by atoms with van der Waals surface area (Å²) in [5, 5.41) is 0. The van der Waals surface area contributed by atoms with Crippen LogP contribution in [0, 0.1) is 20.8 Å². The summed E-state index contributed by atoms with van der Waals surface area (Å²) in [5.41, 5.74) is 9.60. The molecule has 26 heavy (non-hydrogen) atoms. The first-order valence-corrected chi connectivity index (χ1v) is 8.91. The van der Waals surface area contributed by atoms with Crippen molar-refractivity contribution < 1.29 is 0 Å². The second-order valence-corrected chi connectivity index (χ2v) is 6.83. The van der Waals surface area contributed by atoms with Gasteiger partial charge in [0.1, 0.15) is 5.82 Å². The molecule has 1 N–H and O–H groups in total. The predicted octanol–water partition coefficient (Wildman–Crippen LogP) is 6.34. The van der Waals surface area contributed by atoms with Crippen LogP contribution in [0.4, 0.5) is 0 Å². The van der Waals surface area contributed by atoms with E-state index in [1.54, 1.807) is 0 Å². The second-order valence-electron chi connectivity index (χ2n) is 6.83. The van der Waals surface area contributed by atoms with E-state index in [0.717, 1.165) is 17.1 Å². The summed E-state index contributed by atoms with van der Waals surface area (Å²) < 4.78 is 0. The first-order chi connectivity index (χ1) is 12.6. The molecule has 3 aromatic carbocycles. The number of benzene rings is 3. The lowest BCUT2D eigenvalue weighted by molar-refractivity contribution is 1.29. The van der Waals surface area contributed by atoms with E-state index in [-0.39, 0.29) is 0 Å². The summed E-state index contributed by atoms with van der Waals surface area (Å²) in [6.45, 7) is 6.41. The van der Waals surface area contributed by atoms with Crippen molar-refractivity contribution in [2.75, 3.05) is 0 Å². The number of imidazole rings is 1. The van der Waals surface area contributed by atoms with Gasteiger partial charge in [-0.15, -0.1) is 0 Å². The molecule has 4 rings (SSSR count). The number of H-pyrrole nitrogens is 1. The molecule has 0 fully saturated rings. The smallest absolute Gasteiger partial charge is 0.138 e. The molecule has 0 saturated carbocycles. The van der Waals surface area contributed by atoms with Gasteiger partial charge in [-0.3, -0.25) is 0 Å². The van der Waals surface area contributed by atoms with Crippen LogP contribution in [-0.2, 0) is 0 Å². The average Bonchev–Trinajstić information content (AvgIpc) is 3.11.